The van der Waals surface area contributed by atoms with Crippen molar-refractivity contribution in [2.75, 3.05) is 27.2 Å². The molecule has 1 aromatic carbocycles. The minimum absolute atomic E-state index is 0.0656. The average Bonchev–Trinajstić information content (AvgIpc) is 3.34. The smallest absolute Gasteiger partial charge is 0.311 e. The Hall–Kier alpha value is -3.16. The standard InChI is InChI=1S/C21H23N3O5/c1-23-18(25)12-15(20(27)28-2)21(23)8-10-24(11-9-21)19(26)16-13-17(29-22-16)14-6-4-3-5-7-14/h3-7,13,15H,8-12H2,1-2H3. The van der Waals surface area contributed by atoms with E-state index in [9.17, 15) is 14.4 Å². The molecule has 2 saturated heterocycles. The van der Waals surface area contributed by atoms with Gasteiger partial charge < -0.3 is 19.1 Å². The van der Waals surface area contributed by atoms with E-state index in [-0.39, 0.29) is 29.9 Å². The second-order valence-corrected chi connectivity index (χ2v) is 7.57. The van der Waals surface area contributed by atoms with Crippen LogP contribution in [-0.2, 0) is 14.3 Å². The van der Waals surface area contributed by atoms with Crippen LogP contribution in [0.4, 0.5) is 0 Å². The lowest BCUT2D eigenvalue weighted by Crippen LogP contribution is -2.57. The van der Waals surface area contributed by atoms with Crippen molar-refractivity contribution in [1.29, 1.82) is 0 Å². The molecule has 0 N–H and O–H groups in total. The van der Waals surface area contributed by atoms with Crippen molar-refractivity contribution in [2.45, 2.75) is 24.8 Å². The van der Waals surface area contributed by atoms with E-state index in [1.54, 1.807) is 22.9 Å². The van der Waals surface area contributed by atoms with Gasteiger partial charge >= 0.3 is 5.97 Å². The summed E-state index contributed by atoms with van der Waals surface area (Å²) >= 11 is 0. The molecule has 0 radical (unpaired) electrons. The molecule has 2 fully saturated rings. The number of carbonyl (C=O) groups is 3. The number of esters is 1. The molecule has 0 saturated carbocycles. The Balaban J connectivity index is 1.48. The molecule has 2 aliphatic heterocycles. The fraction of sp³-hybridized carbons (Fsp3) is 0.429. The Bertz CT molecular complexity index is 931. The molecule has 3 heterocycles. The van der Waals surface area contributed by atoms with Crippen LogP contribution in [0.25, 0.3) is 11.3 Å². The predicted molar refractivity (Wildman–Crippen MR) is 103 cm³/mol. The first-order valence-electron chi connectivity index (χ1n) is 9.62. The summed E-state index contributed by atoms with van der Waals surface area (Å²) in [4.78, 5) is 40.8. The molecule has 0 aliphatic carbocycles. The van der Waals surface area contributed by atoms with E-state index in [4.69, 9.17) is 9.26 Å². The van der Waals surface area contributed by atoms with Gasteiger partial charge in [0.1, 0.15) is 0 Å². The molecule has 4 rings (SSSR count). The monoisotopic (exact) mass is 397 g/mol. The normalized spacial score (nSPS) is 20.9. The first-order valence-corrected chi connectivity index (χ1v) is 9.62. The van der Waals surface area contributed by atoms with Crippen molar-refractivity contribution in [3.05, 3.63) is 42.1 Å². The van der Waals surface area contributed by atoms with Crippen LogP contribution < -0.4 is 0 Å². The number of likely N-dealkylation sites (tertiary alicyclic amines) is 2. The van der Waals surface area contributed by atoms with E-state index < -0.39 is 11.5 Å². The quantitative estimate of drug-likeness (QED) is 0.735. The van der Waals surface area contributed by atoms with E-state index in [0.717, 1.165) is 5.56 Å². The number of aromatic nitrogens is 1. The second kappa shape index (κ2) is 7.35. The highest BCUT2D eigenvalue weighted by Gasteiger charge is 2.56. The topological polar surface area (TPSA) is 93.0 Å². The number of ether oxygens (including phenoxy) is 1. The summed E-state index contributed by atoms with van der Waals surface area (Å²) in [5.74, 6) is -0.615. The molecule has 2 amide bonds. The van der Waals surface area contributed by atoms with Crippen LogP contribution in [0, 0.1) is 5.92 Å². The predicted octanol–water partition coefficient (Wildman–Crippen LogP) is 1.97. The van der Waals surface area contributed by atoms with Crippen LogP contribution >= 0.6 is 0 Å². The van der Waals surface area contributed by atoms with Gasteiger partial charge in [-0.2, -0.15) is 0 Å². The molecule has 1 aromatic heterocycles. The lowest BCUT2D eigenvalue weighted by Gasteiger charge is -2.45. The van der Waals surface area contributed by atoms with E-state index in [0.29, 0.717) is 31.7 Å². The number of piperidine rings is 1. The van der Waals surface area contributed by atoms with Gasteiger partial charge in [-0.1, -0.05) is 35.5 Å². The van der Waals surface area contributed by atoms with Gasteiger partial charge in [-0.25, -0.2) is 0 Å². The highest BCUT2D eigenvalue weighted by molar-refractivity contribution is 5.93. The van der Waals surface area contributed by atoms with Gasteiger partial charge in [0, 0.05) is 38.2 Å². The van der Waals surface area contributed by atoms with Crippen molar-refractivity contribution in [3.8, 4) is 11.3 Å². The number of benzene rings is 1. The van der Waals surface area contributed by atoms with Gasteiger partial charge in [0.15, 0.2) is 11.5 Å². The fourth-order valence-corrected chi connectivity index (χ4v) is 4.49. The summed E-state index contributed by atoms with van der Waals surface area (Å²) in [6.45, 7) is 0.856. The maximum atomic E-state index is 12.9. The average molecular weight is 397 g/mol. The zero-order valence-corrected chi connectivity index (χ0v) is 16.5. The summed E-state index contributed by atoms with van der Waals surface area (Å²) in [5.41, 5.74) is 0.504. The van der Waals surface area contributed by atoms with Crippen LogP contribution in [0.1, 0.15) is 29.8 Å². The maximum absolute atomic E-state index is 12.9. The molecule has 8 nitrogen and oxygen atoms in total. The zero-order chi connectivity index (χ0) is 20.6. The molecule has 2 aliphatic rings. The van der Waals surface area contributed by atoms with Crippen molar-refractivity contribution < 1.29 is 23.6 Å². The Kier molecular flexibility index (Phi) is 4.86. The summed E-state index contributed by atoms with van der Waals surface area (Å²) in [6, 6.07) is 11.1. The summed E-state index contributed by atoms with van der Waals surface area (Å²) < 4.78 is 10.3. The lowest BCUT2D eigenvalue weighted by atomic mass is 9.77. The van der Waals surface area contributed by atoms with Gasteiger partial charge in [-0.05, 0) is 12.8 Å². The fourth-order valence-electron chi connectivity index (χ4n) is 4.49. The van der Waals surface area contributed by atoms with Crippen molar-refractivity contribution in [1.82, 2.24) is 15.0 Å². The highest BCUT2D eigenvalue weighted by Crippen LogP contribution is 2.43. The number of hydrogen-bond donors (Lipinski definition) is 0. The SMILES string of the molecule is COC(=O)C1CC(=O)N(C)C12CCN(C(=O)c1cc(-c3ccccc3)on1)CC2. The van der Waals surface area contributed by atoms with Gasteiger partial charge in [0.05, 0.1) is 18.6 Å². The van der Waals surface area contributed by atoms with E-state index in [1.807, 2.05) is 30.3 Å². The molecule has 8 heteroatoms. The van der Waals surface area contributed by atoms with Gasteiger partial charge in [0.25, 0.3) is 5.91 Å². The van der Waals surface area contributed by atoms with Crippen LogP contribution in [0.3, 0.4) is 0 Å². The van der Waals surface area contributed by atoms with Gasteiger partial charge in [-0.3, -0.25) is 14.4 Å². The third-order valence-electron chi connectivity index (χ3n) is 6.26. The summed E-state index contributed by atoms with van der Waals surface area (Å²) in [5, 5.41) is 3.94. The number of hydrogen-bond acceptors (Lipinski definition) is 6. The minimum Gasteiger partial charge on any atom is -0.469 e. The molecule has 2 aromatic rings. The molecule has 1 spiro atoms. The molecule has 1 atom stereocenters. The number of nitrogens with zero attached hydrogens (tertiary/aromatic N) is 3. The lowest BCUT2D eigenvalue weighted by molar-refractivity contribution is -0.149. The summed E-state index contributed by atoms with van der Waals surface area (Å²) in [6.07, 6.45) is 1.19. The molecular weight excluding hydrogens is 374 g/mol. The van der Waals surface area contributed by atoms with Crippen LogP contribution in [0.5, 0.6) is 0 Å². The molecule has 152 valence electrons. The van der Waals surface area contributed by atoms with Crippen molar-refractivity contribution >= 4 is 17.8 Å². The van der Waals surface area contributed by atoms with Crippen LogP contribution in [0.15, 0.2) is 40.9 Å². The van der Waals surface area contributed by atoms with Crippen LogP contribution in [-0.4, -0.2) is 65.5 Å². The van der Waals surface area contributed by atoms with E-state index in [1.165, 1.54) is 7.11 Å². The van der Waals surface area contributed by atoms with Crippen molar-refractivity contribution in [3.63, 3.8) is 0 Å². The first-order chi connectivity index (χ1) is 14.0. The zero-order valence-electron chi connectivity index (χ0n) is 16.5. The van der Waals surface area contributed by atoms with E-state index in [2.05, 4.69) is 5.16 Å². The number of rotatable bonds is 3. The van der Waals surface area contributed by atoms with E-state index >= 15 is 0 Å². The molecule has 1 unspecified atom stereocenters. The third-order valence-corrected chi connectivity index (χ3v) is 6.26. The van der Waals surface area contributed by atoms with Gasteiger partial charge in [-0.15, -0.1) is 0 Å². The molecule has 29 heavy (non-hydrogen) atoms. The molecule has 0 bridgehead atoms. The summed E-state index contributed by atoms with van der Waals surface area (Å²) in [7, 11) is 3.07. The number of amides is 2. The Morgan fingerprint density at radius 3 is 2.55 bits per heavy atom. The van der Waals surface area contributed by atoms with Crippen molar-refractivity contribution in [2.24, 2.45) is 5.92 Å². The molecular formula is C21H23N3O5. The largest absolute Gasteiger partial charge is 0.469 e. The second-order valence-electron chi connectivity index (χ2n) is 7.57. The number of carbonyl (C=O) groups excluding carboxylic acids is 3. The number of methoxy groups -OCH3 is 1. The minimum atomic E-state index is -0.597. The van der Waals surface area contributed by atoms with Gasteiger partial charge in [0.2, 0.25) is 5.91 Å². The Morgan fingerprint density at radius 1 is 1.21 bits per heavy atom. The maximum Gasteiger partial charge on any atom is 0.311 e. The third kappa shape index (κ3) is 3.18. The Labute approximate surface area is 168 Å². The Morgan fingerprint density at radius 2 is 1.90 bits per heavy atom. The highest BCUT2D eigenvalue weighted by atomic mass is 16.5. The first kappa shape index (κ1) is 19.2. The van der Waals surface area contributed by atoms with Crippen LogP contribution in [0.2, 0.25) is 0 Å².